The molecular formula is C24H34N4O3. The maximum Gasteiger partial charge on any atom is 0.307 e. The smallest absolute Gasteiger partial charge is 0.307 e. The second-order valence-electron chi connectivity index (χ2n) is 9.37. The zero-order valence-electron chi connectivity index (χ0n) is 18.9. The highest BCUT2D eigenvalue weighted by Crippen LogP contribution is 2.44. The van der Waals surface area contributed by atoms with Gasteiger partial charge in [0.2, 0.25) is 5.91 Å². The maximum absolute atomic E-state index is 13.3. The van der Waals surface area contributed by atoms with Crippen molar-refractivity contribution in [3.05, 3.63) is 35.5 Å². The zero-order valence-corrected chi connectivity index (χ0v) is 18.9. The number of carbonyl (C=O) groups is 2. The molecule has 2 aliphatic rings. The number of nitrogens with zero attached hydrogens (tertiary/aromatic N) is 2. The summed E-state index contributed by atoms with van der Waals surface area (Å²) in [5.74, 6) is 0.0306. The van der Waals surface area contributed by atoms with E-state index in [1.807, 2.05) is 13.8 Å². The maximum atomic E-state index is 13.3. The molecule has 7 nitrogen and oxygen atoms in total. The summed E-state index contributed by atoms with van der Waals surface area (Å²) in [6.07, 6.45) is 4.24. The number of likely N-dealkylation sites (N-methyl/N-ethyl adjacent to an activating group) is 1. The van der Waals surface area contributed by atoms with Crippen LogP contribution in [0.25, 0.3) is 10.9 Å². The Labute approximate surface area is 183 Å². The fourth-order valence-corrected chi connectivity index (χ4v) is 5.57. The number of esters is 1. The zero-order chi connectivity index (χ0) is 22.3. The standard InChI is InChI=1S/C24H34N4O3/c1-14(2)28(9-8-21(29)31-4)24(30)23(25)16-10-18-17-6-5-7-19-22(17)15(12-26-19)11-20(18)27(3)13-16/h5-7,12,14,16,18,20,23,26H,8-11,13,25H2,1-4H3/t16-,18-,20-,23?/m1/s1. The Morgan fingerprint density at radius 2 is 2.13 bits per heavy atom. The minimum atomic E-state index is -0.588. The summed E-state index contributed by atoms with van der Waals surface area (Å²) in [5.41, 5.74) is 10.5. The van der Waals surface area contributed by atoms with Crippen LogP contribution in [0.5, 0.6) is 0 Å². The van der Waals surface area contributed by atoms with E-state index in [-0.39, 0.29) is 30.3 Å². The predicted octanol–water partition coefficient (Wildman–Crippen LogP) is 2.26. The van der Waals surface area contributed by atoms with E-state index < -0.39 is 6.04 Å². The van der Waals surface area contributed by atoms with Crippen molar-refractivity contribution in [2.45, 2.75) is 57.2 Å². The molecule has 1 unspecified atom stereocenters. The van der Waals surface area contributed by atoms with Gasteiger partial charge in [-0.3, -0.25) is 9.59 Å². The third kappa shape index (κ3) is 3.96. The average molecular weight is 427 g/mol. The molecule has 1 aromatic heterocycles. The van der Waals surface area contributed by atoms with Crippen LogP contribution in [0.2, 0.25) is 0 Å². The molecule has 0 saturated carbocycles. The van der Waals surface area contributed by atoms with Crippen LogP contribution in [-0.2, 0) is 20.7 Å². The largest absolute Gasteiger partial charge is 0.469 e. The summed E-state index contributed by atoms with van der Waals surface area (Å²) in [6, 6.07) is 6.29. The predicted molar refractivity (Wildman–Crippen MR) is 121 cm³/mol. The molecule has 2 aromatic rings. The number of fused-ring (bicyclic) bond motifs is 2. The number of aromatic amines is 1. The number of rotatable bonds is 6. The van der Waals surface area contributed by atoms with Gasteiger partial charge < -0.3 is 25.3 Å². The first kappa shape index (κ1) is 21.8. The van der Waals surface area contributed by atoms with Crippen molar-refractivity contribution in [1.29, 1.82) is 0 Å². The average Bonchev–Trinajstić information content (AvgIpc) is 3.17. The lowest BCUT2D eigenvalue weighted by atomic mass is 9.71. The number of piperidine rings is 1. The summed E-state index contributed by atoms with van der Waals surface area (Å²) >= 11 is 0. The fraction of sp³-hybridized carbons (Fsp3) is 0.583. The Morgan fingerprint density at radius 1 is 1.35 bits per heavy atom. The van der Waals surface area contributed by atoms with Crippen molar-refractivity contribution in [2.24, 2.45) is 11.7 Å². The molecule has 1 amide bonds. The number of carbonyl (C=O) groups excluding carboxylic acids is 2. The molecule has 1 aliphatic heterocycles. The van der Waals surface area contributed by atoms with E-state index in [0.717, 1.165) is 19.4 Å². The van der Waals surface area contributed by atoms with Crippen molar-refractivity contribution < 1.29 is 14.3 Å². The number of benzene rings is 1. The number of hydrogen-bond donors (Lipinski definition) is 2. The second kappa shape index (κ2) is 8.63. The highest BCUT2D eigenvalue weighted by Gasteiger charge is 2.43. The van der Waals surface area contributed by atoms with E-state index >= 15 is 0 Å². The number of likely N-dealkylation sites (tertiary alicyclic amines) is 1. The molecule has 7 heteroatoms. The Bertz CT molecular complexity index is 969. The molecule has 1 aliphatic carbocycles. The Hall–Kier alpha value is -2.38. The molecule has 4 rings (SSSR count). The van der Waals surface area contributed by atoms with Gasteiger partial charge in [-0.2, -0.15) is 0 Å². The molecule has 0 bridgehead atoms. The SMILES string of the molecule is COC(=O)CCN(C(=O)C(N)[C@@H]1C[C@@H]2c3cccc4[nH]cc(c34)C[C@H]2N(C)C1)C(C)C. The highest BCUT2D eigenvalue weighted by atomic mass is 16.5. The third-order valence-corrected chi connectivity index (χ3v) is 7.24. The van der Waals surface area contributed by atoms with E-state index in [9.17, 15) is 9.59 Å². The molecule has 0 radical (unpaired) electrons. The molecule has 1 aromatic carbocycles. The minimum Gasteiger partial charge on any atom is -0.469 e. The van der Waals surface area contributed by atoms with Gasteiger partial charge in [0.25, 0.3) is 0 Å². The first-order valence-corrected chi connectivity index (χ1v) is 11.2. The molecule has 3 N–H and O–H groups in total. The van der Waals surface area contributed by atoms with Gasteiger partial charge in [-0.15, -0.1) is 0 Å². The highest BCUT2D eigenvalue weighted by molar-refractivity contribution is 5.88. The topological polar surface area (TPSA) is 91.7 Å². The first-order chi connectivity index (χ1) is 14.8. The number of H-pyrrole nitrogens is 1. The van der Waals surface area contributed by atoms with Crippen LogP contribution in [0.1, 0.15) is 43.7 Å². The van der Waals surface area contributed by atoms with Gasteiger partial charge in [0, 0.05) is 48.2 Å². The number of hydrogen-bond acceptors (Lipinski definition) is 5. The number of ether oxygens (including phenoxy) is 1. The fourth-order valence-electron chi connectivity index (χ4n) is 5.57. The number of aromatic nitrogens is 1. The number of methoxy groups -OCH3 is 1. The Kier molecular flexibility index (Phi) is 6.08. The van der Waals surface area contributed by atoms with Crippen molar-refractivity contribution in [3.63, 3.8) is 0 Å². The normalized spacial score (nSPS) is 24.1. The van der Waals surface area contributed by atoms with Crippen molar-refractivity contribution >= 4 is 22.8 Å². The van der Waals surface area contributed by atoms with Gasteiger partial charge in [-0.05, 0) is 56.8 Å². The van der Waals surface area contributed by atoms with E-state index in [0.29, 0.717) is 18.5 Å². The first-order valence-electron chi connectivity index (χ1n) is 11.2. The molecule has 2 heterocycles. The van der Waals surface area contributed by atoms with Gasteiger partial charge in [-0.25, -0.2) is 0 Å². The van der Waals surface area contributed by atoms with E-state index in [2.05, 4.69) is 41.3 Å². The minimum absolute atomic E-state index is 0.0249. The van der Waals surface area contributed by atoms with Crippen LogP contribution in [0.15, 0.2) is 24.4 Å². The van der Waals surface area contributed by atoms with Gasteiger partial charge in [0.1, 0.15) is 0 Å². The van der Waals surface area contributed by atoms with Crippen LogP contribution in [0.4, 0.5) is 0 Å². The van der Waals surface area contributed by atoms with Crippen LogP contribution in [-0.4, -0.2) is 72.0 Å². The van der Waals surface area contributed by atoms with E-state index in [1.54, 1.807) is 4.90 Å². The lowest BCUT2D eigenvalue weighted by Gasteiger charge is -2.47. The van der Waals surface area contributed by atoms with Crippen molar-refractivity contribution in [3.8, 4) is 0 Å². The van der Waals surface area contributed by atoms with Gasteiger partial charge in [-0.1, -0.05) is 12.1 Å². The molecule has 4 atom stereocenters. The van der Waals surface area contributed by atoms with E-state index in [4.69, 9.17) is 10.5 Å². The second-order valence-corrected chi connectivity index (χ2v) is 9.37. The lowest BCUT2D eigenvalue weighted by molar-refractivity contribution is -0.142. The van der Waals surface area contributed by atoms with Crippen LogP contribution in [0, 0.1) is 5.92 Å². The lowest BCUT2D eigenvalue weighted by Crippen LogP contribution is -2.57. The number of nitrogens with one attached hydrogen (secondary N) is 1. The molecule has 31 heavy (non-hydrogen) atoms. The van der Waals surface area contributed by atoms with Crippen LogP contribution >= 0.6 is 0 Å². The van der Waals surface area contributed by atoms with Gasteiger partial charge in [0.05, 0.1) is 19.6 Å². The van der Waals surface area contributed by atoms with Crippen molar-refractivity contribution in [1.82, 2.24) is 14.8 Å². The monoisotopic (exact) mass is 426 g/mol. The third-order valence-electron chi connectivity index (χ3n) is 7.24. The number of amides is 1. The molecule has 168 valence electrons. The summed E-state index contributed by atoms with van der Waals surface area (Å²) in [7, 11) is 3.51. The van der Waals surface area contributed by atoms with Gasteiger partial charge >= 0.3 is 5.97 Å². The molecule has 1 saturated heterocycles. The Morgan fingerprint density at radius 3 is 2.84 bits per heavy atom. The van der Waals surface area contributed by atoms with E-state index in [1.165, 1.54) is 29.1 Å². The van der Waals surface area contributed by atoms with Crippen molar-refractivity contribution in [2.75, 3.05) is 27.2 Å². The molecule has 1 fully saturated rings. The van der Waals surface area contributed by atoms with Crippen LogP contribution < -0.4 is 5.73 Å². The summed E-state index contributed by atoms with van der Waals surface area (Å²) in [5, 5.41) is 1.35. The summed E-state index contributed by atoms with van der Waals surface area (Å²) in [6.45, 7) is 5.05. The molecule has 0 spiro atoms. The summed E-state index contributed by atoms with van der Waals surface area (Å²) in [4.78, 5) is 32.4. The quantitative estimate of drug-likeness (QED) is 0.692. The molecular weight excluding hydrogens is 392 g/mol. The summed E-state index contributed by atoms with van der Waals surface area (Å²) < 4.78 is 4.74. The van der Waals surface area contributed by atoms with Crippen LogP contribution in [0.3, 0.4) is 0 Å². The Balaban J connectivity index is 1.54. The number of nitrogens with two attached hydrogens (primary N) is 1. The van der Waals surface area contributed by atoms with Gasteiger partial charge in [0.15, 0.2) is 0 Å².